The topological polar surface area (TPSA) is 55.8 Å². The van der Waals surface area contributed by atoms with Crippen molar-refractivity contribution in [3.8, 4) is 0 Å². The van der Waals surface area contributed by atoms with E-state index >= 15 is 0 Å². The van der Waals surface area contributed by atoms with Crippen LogP contribution < -0.4 is 0 Å². The lowest BCUT2D eigenvalue weighted by atomic mass is 9.95. The van der Waals surface area contributed by atoms with Gasteiger partial charge in [0.2, 0.25) is 0 Å². The van der Waals surface area contributed by atoms with Gasteiger partial charge in [-0.2, -0.15) is 0 Å². The number of nitrogens with zero attached hydrogens (tertiary/aromatic N) is 1. The molecule has 2 rings (SSSR count). The molecule has 0 spiro atoms. The molecular weight excluding hydrogens is 246 g/mol. The smallest absolute Gasteiger partial charge is 0.410 e. The maximum atomic E-state index is 12.1. The fourth-order valence-electron chi connectivity index (χ4n) is 3.03. The molecule has 0 aromatic carbocycles. The molecule has 3 atom stereocenters. The van der Waals surface area contributed by atoms with Crippen molar-refractivity contribution in [1.82, 2.24) is 4.90 Å². The van der Waals surface area contributed by atoms with E-state index in [1.54, 1.807) is 4.90 Å². The molecule has 5 nitrogen and oxygen atoms in total. The van der Waals surface area contributed by atoms with Crippen molar-refractivity contribution < 1.29 is 19.1 Å². The molecule has 1 aliphatic heterocycles. The Morgan fingerprint density at radius 2 is 1.63 bits per heavy atom. The fourth-order valence-corrected chi connectivity index (χ4v) is 3.03. The summed E-state index contributed by atoms with van der Waals surface area (Å²) in [7, 11) is 0. The summed E-state index contributed by atoms with van der Waals surface area (Å²) in [6.07, 6.45) is 1.76. The number of esters is 1. The second-order valence-electron chi connectivity index (χ2n) is 6.56. The van der Waals surface area contributed by atoms with Gasteiger partial charge in [-0.1, -0.05) is 0 Å². The minimum absolute atomic E-state index is 0.0174. The fraction of sp³-hybridized carbons (Fsp3) is 0.857. The highest BCUT2D eigenvalue weighted by molar-refractivity contribution is 5.69. The predicted octanol–water partition coefficient (Wildman–Crippen LogP) is 2.20. The number of amides is 1. The van der Waals surface area contributed by atoms with Crippen molar-refractivity contribution in [2.75, 3.05) is 13.1 Å². The molecule has 2 bridgehead atoms. The third-order valence-electron chi connectivity index (χ3n) is 3.70. The van der Waals surface area contributed by atoms with Gasteiger partial charge in [0.15, 0.2) is 0 Å². The van der Waals surface area contributed by atoms with E-state index in [9.17, 15) is 9.59 Å². The number of carbonyl (C=O) groups is 2. The van der Waals surface area contributed by atoms with Gasteiger partial charge in [-0.15, -0.1) is 0 Å². The van der Waals surface area contributed by atoms with Gasteiger partial charge < -0.3 is 14.4 Å². The van der Waals surface area contributed by atoms with E-state index in [0.717, 1.165) is 12.8 Å². The van der Waals surface area contributed by atoms with Crippen LogP contribution in [-0.4, -0.2) is 41.8 Å². The maximum absolute atomic E-state index is 12.1. The third kappa shape index (κ3) is 3.39. The van der Waals surface area contributed by atoms with Gasteiger partial charge in [0.05, 0.1) is 0 Å². The van der Waals surface area contributed by atoms with E-state index in [1.165, 1.54) is 6.92 Å². The molecule has 1 saturated heterocycles. The van der Waals surface area contributed by atoms with Crippen LogP contribution in [0.25, 0.3) is 0 Å². The highest BCUT2D eigenvalue weighted by atomic mass is 16.6. The quantitative estimate of drug-likeness (QED) is 0.685. The van der Waals surface area contributed by atoms with Crippen LogP contribution in [0.2, 0.25) is 0 Å². The lowest BCUT2D eigenvalue weighted by molar-refractivity contribution is -0.153. The Labute approximate surface area is 114 Å². The van der Waals surface area contributed by atoms with Crippen molar-refractivity contribution >= 4 is 12.1 Å². The summed E-state index contributed by atoms with van der Waals surface area (Å²) < 4.78 is 10.8. The number of likely N-dealkylation sites (tertiary alicyclic amines) is 1. The molecule has 0 aromatic heterocycles. The van der Waals surface area contributed by atoms with Gasteiger partial charge in [0, 0.05) is 31.8 Å². The summed E-state index contributed by atoms with van der Waals surface area (Å²) in [6.45, 7) is 8.30. The number of piperidine rings is 1. The molecule has 2 fully saturated rings. The maximum Gasteiger partial charge on any atom is 0.410 e. The van der Waals surface area contributed by atoms with Gasteiger partial charge in [0.1, 0.15) is 11.7 Å². The summed E-state index contributed by atoms with van der Waals surface area (Å²) in [5.41, 5.74) is -0.469. The summed E-state index contributed by atoms with van der Waals surface area (Å²) >= 11 is 0. The van der Waals surface area contributed by atoms with Gasteiger partial charge in [-0.3, -0.25) is 4.79 Å². The Morgan fingerprint density at radius 3 is 2.05 bits per heavy atom. The lowest BCUT2D eigenvalue weighted by Crippen LogP contribution is -2.50. The van der Waals surface area contributed by atoms with Crippen LogP contribution in [0, 0.1) is 11.8 Å². The Bertz CT molecular complexity index is 360. The van der Waals surface area contributed by atoms with Crippen LogP contribution in [0.3, 0.4) is 0 Å². The van der Waals surface area contributed by atoms with E-state index in [0.29, 0.717) is 13.1 Å². The highest BCUT2D eigenvalue weighted by Gasteiger charge is 2.45. The van der Waals surface area contributed by atoms with Crippen molar-refractivity contribution in [3.05, 3.63) is 0 Å². The van der Waals surface area contributed by atoms with Crippen LogP contribution >= 0.6 is 0 Å². The number of hydrogen-bond acceptors (Lipinski definition) is 4. The zero-order valence-corrected chi connectivity index (χ0v) is 12.1. The zero-order valence-electron chi connectivity index (χ0n) is 12.1. The zero-order chi connectivity index (χ0) is 14.2. The molecule has 1 amide bonds. The first-order valence-electron chi connectivity index (χ1n) is 6.91. The Kier molecular flexibility index (Phi) is 3.74. The van der Waals surface area contributed by atoms with Gasteiger partial charge in [-0.25, -0.2) is 4.79 Å². The second-order valence-corrected chi connectivity index (χ2v) is 6.56. The summed E-state index contributed by atoms with van der Waals surface area (Å²) in [6, 6.07) is 0. The highest BCUT2D eigenvalue weighted by Crippen LogP contribution is 2.39. The molecule has 19 heavy (non-hydrogen) atoms. The van der Waals surface area contributed by atoms with Crippen molar-refractivity contribution in [2.24, 2.45) is 11.8 Å². The first-order chi connectivity index (χ1) is 8.76. The van der Waals surface area contributed by atoms with E-state index in [4.69, 9.17) is 9.47 Å². The van der Waals surface area contributed by atoms with Crippen LogP contribution in [0.15, 0.2) is 0 Å². The van der Waals surface area contributed by atoms with E-state index in [2.05, 4.69) is 0 Å². The SMILES string of the molecule is CC(=O)OC1[C@@H]2CC[C@H]1CN(C(=O)OC(C)(C)C)C2. The van der Waals surface area contributed by atoms with Crippen LogP contribution in [0.4, 0.5) is 4.79 Å². The molecule has 1 unspecified atom stereocenters. The Morgan fingerprint density at radius 1 is 1.11 bits per heavy atom. The minimum atomic E-state index is -0.469. The van der Waals surface area contributed by atoms with Crippen molar-refractivity contribution in [2.45, 2.75) is 52.2 Å². The number of hydrogen-bond donors (Lipinski definition) is 0. The number of rotatable bonds is 1. The largest absolute Gasteiger partial charge is 0.462 e. The Hall–Kier alpha value is -1.26. The number of fused-ring (bicyclic) bond motifs is 2. The monoisotopic (exact) mass is 269 g/mol. The molecule has 0 radical (unpaired) electrons. The standard InChI is InChI=1S/C14H23NO4/c1-9(16)18-12-10-5-6-11(12)8-15(7-10)13(17)19-14(2,3)4/h10-12H,5-8H2,1-4H3/t10-,11+,12?. The van der Waals surface area contributed by atoms with Crippen molar-refractivity contribution in [3.63, 3.8) is 0 Å². The molecular formula is C14H23NO4. The predicted molar refractivity (Wildman–Crippen MR) is 69.6 cm³/mol. The van der Waals surface area contributed by atoms with E-state index in [1.807, 2.05) is 20.8 Å². The molecule has 1 aliphatic carbocycles. The Balaban J connectivity index is 1.96. The molecule has 108 valence electrons. The molecule has 1 saturated carbocycles. The summed E-state index contributed by atoms with van der Waals surface area (Å²) in [4.78, 5) is 24.9. The first kappa shape index (κ1) is 14.2. The van der Waals surface area contributed by atoms with E-state index in [-0.39, 0.29) is 30.0 Å². The molecule has 0 aromatic rings. The van der Waals surface area contributed by atoms with E-state index < -0.39 is 5.60 Å². The summed E-state index contributed by atoms with van der Waals surface area (Å²) in [5.74, 6) is 0.290. The third-order valence-corrected chi connectivity index (χ3v) is 3.70. The molecule has 1 heterocycles. The summed E-state index contributed by atoms with van der Waals surface area (Å²) in [5, 5.41) is 0. The van der Waals surface area contributed by atoms with Gasteiger partial charge >= 0.3 is 12.1 Å². The molecule has 2 aliphatic rings. The lowest BCUT2D eigenvalue weighted by Gasteiger charge is -2.37. The van der Waals surface area contributed by atoms with Crippen LogP contribution in [0.1, 0.15) is 40.5 Å². The number of ether oxygens (including phenoxy) is 2. The average molecular weight is 269 g/mol. The molecule has 0 N–H and O–H groups in total. The van der Waals surface area contributed by atoms with Crippen LogP contribution in [-0.2, 0) is 14.3 Å². The molecule has 5 heteroatoms. The second kappa shape index (κ2) is 5.02. The average Bonchev–Trinajstić information content (AvgIpc) is 2.48. The first-order valence-corrected chi connectivity index (χ1v) is 6.91. The van der Waals surface area contributed by atoms with Gasteiger partial charge in [0.25, 0.3) is 0 Å². The minimum Gasteiger partial charge on any atom is -0.462 e. The van der Waals surface area contributed by atoms with Crippen molar-refractivity contribution in [1.29, 1.82) is 0 Å². The van der Waals surface area contributed by atoms with Crippen LogP contribution in [0.5, 0.6) is 0 Å². The van der Waals surface area contributed by atoms with Gasteiger partial charge in [-0.05, 0) is 33.6 Å². The number of carbonyl (C=O) groups excluding carboxylic acids is 2. The normalized spacial score (nSPS) is 30.1.